The van der Waals surface area contributed by atoms with Gasteiger partial charge in [-0.1, -0.05) is 0 Å². The van der Waals surface area contributed by atoms with E-state index in [2.05, 4.69) is 17.1 Å². The van der Waals surface area contributed by atoms with Gasteiger partial charge in [-0.25, -0.2) is 0 Å². The van der Waals surface area contributed by atoms with Crippen molar-refractivity contribution in [1.82, 2.24) is 10.2 Å². The highest BCUT2D eigenvalue weighted by molar-refractivity contribution is 5.02. The zero-order chi connectivity index (χ0) is 11.2. The van der Waals surface area contributed by atoms with Gasteiger partial charge >= 0.3 is 0 Å². The summed E-state index contributed by atoms with van der Waals surface area (Å²) in [6.07, 6.45) is 1.72. The van der Waals surface area contributed by atoms with Crippen LogP contribution in [0.1, 0.15) is 18.7 Å². The van der Waals surface area contributed by atoms with Gasteiger partial charge in [0, 0.05) is 26.2 Å². The Kier molecular flexibility index (Phi) is 4.39. The second-order valence-corrected chi connectivity index (χ2v) is 4.15. The number of ether oxygens (including phenoxy) is 1. The summed E-state index contributed by atoms with van der Waals surface area (Å²) in [4.78, 5) is 2.42. The van der Waals surface area contributed by atoms with Crippen molar-refractivity contribution < 1.29 is 9.15 Å². The lowest BCUT2D eigenvalue weighted by molar-refractivity contribution is 0.0381. The summed E-state index contributed by atoms with van der Waals surface area (Å²) in [5.41, 5.74) is 0. The second-order valence-electron chi connectivity index (χ2n) is 4.15. The Morgan fingerprint density at radius 1 is 1.44 bits per heavy atom. The smallest absolute Gasteiger partial charge is 0.120 e. The normalized spacial score (nSPS) is 19.8. The standard InChI is InChI=1S/C12H20N2O2/c1-11(12-3-2-8-16-12)13-4-5-14-6-9-15-10-7-14/h2-3,8,11,13H,4-7,9-10H2,1H3/t11-/m0/s1. The molecule has 0 saturated carbocycles. The topological polar surface area (TPSA) is 37.6 Å². The number of hydrogen-bond donors (Lipinski definition) is 1. The molecular formula is C12H20N2O2. The lowest BCUT2D eigenvalue weighted by atomic mass is 10.2. The molecule has 0 aliphatic carbocycles. The van der Waals surface area contributed by atoms with Gasteiger partial charge < -0.3 is 14.5 Å². The lowest BCUT2D eigenvalue weighted by Crippen LogP contribution is -2.40. The molecule has 1 aliphatic heterocycles. The molecule has 0 radical (unpaired) electrons. The van der Waals surface area contributed by atoms with Gasteiger partial charge in [-0.3, -0.25) is 4.90 Å². The molecule has 4 nitrogen and oxygen atoms in total. The number of morpholine rings is 1. The van der Waals surface area contributed by atoms with E-state index in [9.17, 15) is 0 Å². The highest BCUT2D eigenvalue weighted by Crippen LogP contribution is 2.11. The van der Waals surface area contributed by atoms with Gasteiger partial charge in [-0.05, 0) is 19.1 Å². The summed E-state index contributed by atoms with van der Waals surface area (Å²) in [7, 11) is 0. The summed E-state index contributed by atoms with van der Waals surface area (Å²) in [5, 5.41) is 3.46. The minimum atomic E-state index is 0.288. The van der Waals surface area contributed by atoms with Crippen LogP contribution in [-0.4, -0.2) is 44.3 Å². The number of hydrogen-bond acceptors (Lipinski definition) is 4. The fourth-order valence-electron chi connectivity index (χ4n) is 1.90. The number of furan rings is 1. The van der Waals surface area contributed by atoms with E-state index < -0.39 is 0 Å². The third kappa shape index (κ3) is 3.33. The fourth-order valence-corrected chi connectivity index (χ4v) is 1.90. The molecule has 2 rings (SSSR count). The minimum absolute atomic E-state index is 0.288. The summed E-state index contributed by atoms with van der Waals surface area (Å²) >= 11 is 0. The lowest BCUT2D eigenvalue weighted by Gasteiger charge is -2.27. The van der Waals surface area contributed by atoms with Crippen LogP contribution in [0.4, 0.5) is 0 Å². The Hall–Kier alpha value is -0.840. The van der Waals surface area contributed by atoms with E-state index in [1.54, 1.807) is 6.26 Å². The largest absolute Gasteiger partial charge is 0.468 e. The van der Waals surface area contributed by atoms with Crippen molar-refractivity contribution in [1.29, 1.82) is 0 Å². The summed E-state index contributed by atoms with van der Waals surface area (Å²) in [6, 6.07) is 4.22. The Morgan fingerprint density at radius 3 is 2.94 bits per heavy atom. The van der Waals surface area contributed by atoms with Crippen LogP contribution in [0.15, 0.2) is 22.8 Å². The molecule has 90 valence electrons. The maximum absolute atomic E-state index is 5.34. The number of rotatable bonds is 5. The zero-order valence-electron chi connectivity index (χ0n) is 9.82. The molecule has 1 N–H and O–H groups in total. The van der Waals surface area contributed by atoms with E-state index in [-0.39, 0.29) is 6.04 Å². The van der Waals surface area contributed by atoms with Crippen LogP contribution in [0.3, 0.4) is 0 Å². The molecule has 16 heavy (non-hydrogen) atoms. The second kappa shape index (κ2) is 6.03. The van der Waals surface area contributed by atoms with Gasteiger partial charge in [-0.15, -0.1) is 0 Å². The molecule has 0 aromatic carbocycles. The first-order valence-corrected chi connectivity index (χ1v) is 5.93. The molecular weight excluding hydrogens is 204 g/mol. The maximum atomic E-state index is 5.34. The summed E-state index contributed by atoms with van der Waals surface area (Å²) in [6.45, 7) is 8.03. The third-order valence-corrected chi connectivity index (χ3v) is 2.95. The first-order chi connectivity index (χ1) is 7.86. The third-order valence-electron chi connectivity index (χ3n) is 2.95. The van der Waals surface area contributed by atoms with E-state index in [0.717, 1.165) is 45.2 Å². The molecule has 1 aromatic heterocycles. The molecule has 1 saturated heterocycles. The van der Waals surface area contributed by atoms with Crippen molar-refractivity contribution in [2.45, 2.75) is 13.0 Å². The van der Waals surface area contributed by atoms with Crippen molar-refractivity contribution in [3.05, 3.63) is 24.2 Å². The van der Waals surface area contributed by atoms with Crippen molar-refractivity contribution in [3.8, 4) is 0 Å². The van der Waals surface area contributed by atoms with Gasteiger partial charge in [-0.2, -0.15) is 0 Å². The van der Waals surface area contributed by atoms with Crippen LogP contribution in [-0.2, 0) is 4.74 Å². The molecule has 1 fully saturated rings. The zero-order valence-corrected chi connectivity index (χ0v) is 9.82. The summed E-state index contributed by atoms with van der Waals surface area (Å²) < 4.78 is 10.7. The quantitative estimate of drug-likeness (QED) is 0.817. The maximum Gasteiger partial charge on any atom is 0.120 e. The van der Waals surface area contributed by atoms with Crippen molar-refractivity contribution >= 4 is 0 Å². The van der Waals surface area contributed by atoms with Gasteiger partial charge in [0.2, 0.25) is 0 Å². The average Bonchev–Trinajstić information content (AvgIpc) is 2.84. The van der Waals surface area contributed by atoms with Crippen molar-refractivity contribution in [2.75, 3.05) is 39.4 Å². The molecule has 0 bridgehead atoms. The minimum Gasteiger partial charge on any atom is -0.468 e. The van der Waals surface area contributed by atoms with Crippen molar-refractivity contribution in [3.63, 3.8) is 0 Å². The van der Waals surface area contributed by atoms with Crippen LogP contribution in [0.25, 0.3) is 0 Å². The molecule has 1 aromatic rings. The monoisotopic (exact) mass is 224 g/mol. The number of nitrogens with one attached hydrogen (secondary N) is 1. The van der Waals surface area contributed by atoms with E-state index in [1.807, 2.05) is 12.1 Å². The highest BCUT2D eigenvalue weighted by Gasteiger charge is 2.11. The molecule has 4 heteroatoms. The average molecular weight is 224 g/mol. The van der Waals surface area contributed by atoms with Crippen LogP contribution >= 0.6 is 0 Å². The number of nitrogens with zero attached hydrogens (tertiary/aromatic N) is 1. The van der Waals surface area contributed by atoms with Gasteiger partial charge in [0.15, 0.2) is 0 Å². The van der Waals surface area contributed by atoms with E-state index in [1.165, 1.54) is 0 Å². The molecule has 1 aliphatic rings. The van der Waals surface area contributed by atoms with Crippen molar-refractivity contribution in [2.24, 2.45) is 0 Å². The van der Waals surface area contributed by atoms with E-state index in [4.69, 9.17) is 9.15 Å². The Bertz CT molecular complexity index is 281. The molecule has 1 atom stereocenters. The van der Waals surface area contributed by atoms with Gasteiger partial charge in [0.1, 0.15) is 5.76 Å². The van der Waals surface area contributed by atoms with E-state index in [0.29, 0.717) is 0 Å². The molecule has 0 spiro atoms. The predicted molar refractivity (Wildman–Crippen MR) is 62.4 cm³/mol. The van der Waals surface area contributed by atoms with E-state index >= 15 is 0 Å². The Morgan fingerprint density at radius 2 is 2.25 bits per heavy atom. The first kappa shape index (κ1) is 11.6. The predicted octanol–water partition coefficient (Wildman–Crippen LogP) is 1.26. The molecule has 0 unspecified atom stereocenters. The fraction of sp³-hybridized carbons (Fsp3) is 0.667. The molecule has 2 heterocycles. The van der Waals surface area contributed by atoms with Gasteiger partial charge in [0.25, 0.3) is 0 Å². The Labute approximate surface area is 96.6 Å². The first-order valence-electron chi connectivity index (χ1n) is 5.93. The van der Waals surface area contributed by atoms with Crippen LogP contribution in [0.5, 0.6) is 0 Å². The summed E-state index contributed by atoms with van der Waals surface area (Å²) in [5.74, 6) is 1.00. The van der Waals surface area contributed by atoms with Crippen LogP contribution in [0, 0.1) is 0 Å². The molecule has 0 amide bonds. The van der Waals surface area contributed by atoms with Gasteiger partial charge in [0.05, 0.1) is 25.5 Å². The van der Waals surface area contributed by atoms with Crippen LogP contribution < -0.4 is 5.32 Å². The van der Waals surface area contributed by atoms with Crippen LogP contribution in [0.2, 0.25) is 0 Å². The Balaban J connectivity index is 1.63. The SMILES string of the molecule is C[C@H](NCCN1CCOCC1)c1ccco1. The highest BCUT2D eigenvalue weighted by atomic mass is 16.5.